The van der Waals surface area contributed by atoms with Crippen LogP contribution < -0.4 is 0 Å². The van der Waals surface area contributed by atoms with Gasteiger partial charge in [0.15, 0.2) is 17.5 Å². The van der Waals surface area contributed by atoms with Crippen molar-refractivity contribution in [3.63, 3.8) is 0 Å². The van der Waals surface area contributed by atoms with Gasteiger partial charge in [-0.3, -0.25) is 0 Å². The van der Waals surface area contributed by atoms with Crippen molar-refractivity contribution in [2.45, 2.75) is 0 Å². The summed E-state index contributed by atoms with van der Waals surface area (Å²) >= 11 is 3.65. The molecule has 0 bridgehead atoms. The molecule has 6 heteroatoms. The summed E-state index contributed by atoms with van der Waals surface area (Å²) in [5, 5.41) is 10.6. The maximum Gasteiger partial charge on any atom is 0.164 e. The van der Waals surface area contributed by atoms with Crippen LogP contribution in [0, 0.1) is 0 Å². The lowest BCUT2D eigenvalue weighted by Crippen LogP contribution is -2.01. The molecule has 8 aromatic carbocycles. The van der Waals surface area contributed by atoms with E-state index in [9.17, 15) is 0 Å². The minimum absolute atomic E-state index is 0.654. The van der Waals surface area contributed by atoms with E-state index in [-0.39, 0.29) is 0 Å². The van der Waals surface area contributed by atoms with Gasteiger partial charge < -0.3 is 0 Å². The first kappa shape index (κ1) is 29.4. The molecule has 242 valence electrons. The largest absolute Gasteiger partial charge is 0.236 e. The second kappa shape index (κ2) is 11.6. The molecule has 0 aliphatic heterocycles. The van der Waals surface area contributed by atoms with Crippen molar-refractivity contribution in [1.82, 2.24) is 19.9 Å². The third kappa shape index (κ3) is 4.58. The van der Waals surface area contributed by atoms with Gasteiger partial charge in [0.2, 0.25) is 0 Å². The first-order valence-electron chi connectivity index (χ1n) is 17.2. The van der Waals surface area contributed by atoms with Crippen LogP contribution in [0.3, 0.4) is 0 Å². The summed E-state index contributed by atoms with van der Waals surface area (Å²) in [4.78, 5) is 20.5. The summed E-state index contributed by atoms with van der Waals surface area (Å²) in [6.07, 6.45) is 0. The molecule has 3 heterocycles. The fourth-order valence-corrected chi connectivity index (χ4v) is 10.0. The van der Waals surface area contributed by atoms with Crippen molar-refractivity contribution in [3.05, 3.63) is 158 Å². The SMILES string of the molecule is c1ccc(-c2nc(-c3cccc4ccccc34)nc(-c3cccc4ccc5c(ccc6c7ccc8nc(-c9ccccc9)sc8c7sc65)c34)n2)cc1. The number of rotatable bonds is 4. The van der Waals surface area contributed by atoms with Gasteiger partial charge in [0.1, 0.15) is 5.01 Å². The number of thiophene rings is 1. The van der Waals surface area contributed by atoms with Crippen LogP contribution in [0.2, 0.25) is 0 Å². The molecule has 0 radical (unpaired) electrons. The van der Waals surface area contributed by atoms with Crippen LogP contribution in [-0.2, 0) is 0 Å². The minimum atomic E-state index is 0.654. The Bertz CT molecular complexity index is 3180. The van der Waals surface area contributed by atoms with Gasteiger partial charge >= 0.3 is 0 Å². The number of thiazole rings is 1. The van der Waals surface area contributed by atoms with Gasteiger partial charge in [-0.25, -0.2) is 19.9 Å². The molecule has 52 heavy (non-hydrogen) atoms. The van der Waals surface area contributed by atoms with Gasteiger partial charge in [0.25, 0.3) is 0 Å². The summed E-state index contributed by atoms with van der Waals surface area (Å²) < 4.78 is 3.81. The fraction of sp³-hybridized carbons (Fsp3) is 0. The van der Waals surface area contributed by atoms with Crippen molar-refractivity contribution in [2.24, 2.45) is 0 Å². The molecule has 11 aromatic rings. The normalized spacial score (nSPS) is 11.8. The zero-order valence-electron chi connectivity index (χ0n) is 27.6. The Morgan fingerprint density at radius 1 is 0.327 bits per heavy atom. The lowest BCUT2D eigenvalue weighted by atomic mass is 9.96. The highest BCUT2D eigenvalue weighted by molar-refractivity contribution is 7.32. The van der Waals surface area contributed by atoms with Crippen LogP contribution in [0.4, 0.5) is 0 Å². The van der Waals surface area contributed by atoms with E-state index in [1.165, 1.54) is 35.6 Å². The number of aromatic nitrogens is 4. The quantitative estimate of drug-likeness (QED) is 0.172. The second-order valence-electron chi connectivity index (χ2n) is 13.0. The third-order valence-electron chi connectivity index (χ3n) is 9.96. The van der Waals surface area contributed by atoms with Crippen LogP contribution in [0.5, 0.6) is 0 Å². The number of benzene rings is 8. The second-order valence-corrected chi connectivity index (χ2v) is 15.0. The molecular weight excluding hydrogens is 673 g/mol. The van der Waals surface area contributed by atoms with Crippen LogP contribution >= 0.6 is 22.7 Å². The van der Waals surface area contributed by atoms with E-state index in [2.05, 4.69) is 133 Å². The molecule has 0 unspecified atom stereocenters. The topological polar surface area (TPSA) is 51.6 Å². The zero-order valence-corrected chi connectivity index (χ0v) is 29.2. The molecule has 3 aromatic heterocycles. The molecule has 0 amide bonds. The first-order valence-corrected chi connectivity index (χ1v) is 18.9. The lowest BCUT2D eigenvalue weighted by molar-refractivity contribution is 1.08. The number of hydrogen-bond donors (Lipinski definition) is 0. The molecule has 0 N–H and O–H groups in total. The predicted octanol–water partition coefficient (Wildman–Crippen LogP) is 13.0. The third-order valence-corrected chi connectivity index (χ3v) is 12.5. The Morgan fingerprint density at radius 3 is 1.77 bits per heavy atom. The first-order chi connectivity index (χ1) is 25.8. The number of nitrogens with zero attached hydrogens (tertiary/aromatic N) is 4. The summed E-state index contributed by atoms with van der Waals surface area (Å²) in [5.74, 6) is 1.97. The smallest absolute Gasteiger partial charge is 0.164 e. The number of fused-ring (bicyclic) bond motifs is 10. The standard InChI is InChI=1S/C46H26N4S2/c1-3-12-29(13-4-1)43-48-44(36-19-9-16-27-11-7-8-18-31(27)36)50-45(49-43)37-20-10-17-28-21-22-33-32(39(28)37)23-24-34-35-25-26-38-42(41(35)51-40(33)34)52-46(47-38)30-14-5-2-6-15-30/h1-26H. The summed E-state index contributed by atoms with van der Waals surface area (Å²) in [6.45, 7) is 0. The van der Waals surface area contributed by atoms with Gasteiger partial charge in [0, 0.05) is 48.5 Å². The zero-order chi connectivity index (χ0) is 34.2. The molecule has 11 rings (SSSR count). The van der Waals surface area contributed by atoms with Gasteiger partial charge in [-0.2, -0.15) is 0 Å². The van der Waals surface area contributed by atoms with Crippen LogP contribution in [0.15, 0.2) is 158 Å². The molecule has 0 aliphatic rings. The fourth-order valence-electron chi connectivity index (χ4n) is 7.52. The van der Waals surface area contributed by atoms with Crippen LogP contribution in [-0.4, -0.2) is 19.9 Å². The van der Waals surface area contributed by atoms with Crippen LogP contribution in [0.1, 0.15) is 0 Å². The van der Waals surface area contributed by atoms with Gasteiger partial charge in [-0.05, 0) is 27.6 Å². The molecule has 0 saturated carbocycles. The number of hydrogen-bond acceptors (Lipinski definition) is 6. The van der Waals surface area contributed by atoms with E-state index in [1.54, 1.807) is 11.3 Å². The maximum atomic E-state index is 5.24. The van der Waals surface area contributed by atoms with E-state index < -0.39 is 0 Å². The molecule has 4 nitrogen and oxygen atoms in total. The Labute approximate surface area is 306 Å². The Morgan fingerprint density at radius 2 is 0.923 bits per heavy atom. The summed E-state index contributed by atoms with van der Waals surface area (Å²) in [5.41, 5.74) is 5.13. The average molecular weight is 699 g/mol. The maximum absolute atomic E-state index is 5.24. The summed E-state index contributed by atoms with van der Waals surface area (Å²) in [7, 11) is 0. The van der Waals surface area contributed by atoms with Crippen molar-refractivity contribution < 1.29 is 0 Å². The van der Waals surface area contributed by atoms with Gasteiger partial charge in [-0.15, -0.1) is 22.7 Å². The van der Waals surface area contributed by atoms with Crippen LogP contribution in [0.25, 0.3) is 107 Å². The van der Waals surface area contributed by atoms with Crippen molar-refractivity contribution in [1.29, 1.82) is 0 Å². The molecule has 0 saturated heterocycles. The predicted molar refractivity (Wildman–Crippen MR) is 220 cm³/mol. The molecular formula is C46H26N4S2. The summed E-state index contributed by atoms with van der Waals surface area (Å²) in [6, 6.07) is 55.4. The minimum Gasteiger partial charge on any atom is -0.236 e. The van der Waals surface area contributed by atoms with E-state index in [1.807, 2.05) is 35.6 Å². The Kier molecular flexibility index (Phi) is 6.56. The molecule has 0 aliphatic carbocycles. The molecule has 0 spiro atoms. The molecule has 0 fully saturated rings. The lowest BCUT2D eigenvalue weighted by Gasteiger charge is -2.13. The van der Waals surface area contributed by atoms with E-state index >= 15 is 0 Å². The molecule has 0 atom stereocenters. The van der Waals surface area contributed by atoms with E-state index in [4.69, 9.17) is 19.9 Å². The van der Waals surface area contributed by atoms with Crippen molar-refractivity contribution >= 4 is 85.4 Å². The van der Waals surface area contributed by atoms with Crippen molar-refractivity contribution in [2.75, 3.05) is 0 Å². The van der Waals surface area contributed by atoms with Crippen molar-refractivity contribution in [3.8, 4) is 44.7 Å². The van der Waals surface area contributed by atoms with Gasteiger partial charge in [-0.1, -0.05) is 152 Å². The highest BCUT2D eigenvalue weighted by Gasteiger charge is 2.19. The van der Waals surface area contributed by atoms with E-state index in [0.29, 0.717) is 17.5 Å². The monoisotopic (exact) mass is 698 g/mol. The Balaban J connectivity index is 1.16. The highest BCUT2D eigenvalue weighted by Crippen LogP contribution is 2.46. The van der Waals surface area contributed by atoms with Gasteiger partial charge in [0.05, 0.1) is 14.9 Å². The Hall–Kier alpha value is -6.34. The average Bonchev–Trinajstić information content (AvgIpc) is 3.83. The van der Waals surface area contributed by atoms with E-state index in [0.717, 1.165) is 54.3 Å². The highest BCUT2D eigenvalue weighted by atomic mass is 32.1.